The van der Waals surface area contributed by atoms with E-state index in [0.717, 1.165) is 25.0 Å². The number of aliphatic carboxylic acids is 2. The third-order valence-electron chi connectivity index (χ3n) is 5.68. The van der Waals surface area contributed by atoms with Crippen molar-refractivity contribution in [2.75, 3.05) is 39.6 Å². The molecule has 0 amide bonds. The van der Waals surface area contributed by atoms with Crippen LogP contribution in [-0.2, 0) is 35.8 Å². The van der Waals surface area contributed by atoms with E-state index in [-0.39, 0.29) is 92.9 Å². The molecule has 0 fully saturated rings. The molecule has 0 unspecified atom stereocenters. The number of carbonyl (C=O) groups is 2. The van der Waals surface area contributed by atoms with Gasteiger partial charge in [-0.05, 0) is 68.3 Å². The molecule has 1 aliphatic rings. The summed E-state index contributed by atoms with van der Waals surface area (Å²) >= 11 is 0. The predicted molar refractivity (Wildman–Crippen MR) is 163 cm³/mol. The largest absolute Gasteiger partial charge is 1.00 e. The Hall–Kier alpha value is -2.80. The maximum Gasteiger partial charge on any atom is 1.00 e. The fraction of sp³-hybridized carbons (Fsp3) is 0.312. The zero-order valence-electron chi connectivity index (χ0n) is 26.4. The van der Waals surface area contributed by atoms with E-state index < -0.39 is 11.9 Å². The molecule has 46 heavy (non-hydrogen) atoms. The first-order valence-electron chi connectivity index (χ1n) is 13.6. The van der Waals surface area contributed by atoms with E-state index >= 15 is 0 Å². The number of hydrogen-bond acceptors (Lipinski definition) is 11. The minimum absolute atomic E-state index is 0. The fourth-order valence-electron chi connectivity index (χ4n) is 3.53. The molecule has 4 rings (SSSR count). The Labute approximate surface area is 321 Å². The van der Waals surface area contributed by atoms with Crippen molar-refractivity contribution in [3.8, 4) is 23.0 Å². The number of para-hydroxylation sites is 2. The van der Waals surface area contributed by atoms with Gasteiger partial charge >= 0.3 is 51.4 Å². The molecule has 0 saturated heterocycles. The molecule has 0 aliphatic carbocycles. The van der Waals surface area contributed by atoms with Crippen LogP contribution in [0.25, 0.3) is 0 Å². The minimum Gasteiger partial charge on any atom is -0.550 e. The number of ether oxygens (including phenoxy) is 4. The van der Waals surface area contributed by atoms with Gasteiger partial charge in [0, 0.05) is 53.2 Å². The van der Waals surface area contributed by atoms with Crippen molar-refractivity contribution in [3.05, 3.63) is 70.8 Å². The second kappa shape index (κ2) is 23.5. The number of hydrogen-bond donors (Lipinski definition) is 3. The second-order valence-corrected chi connectivity index (χ2v) is 9.26. The molecule has 0 aromatic heterocycles. The predicted octanol–water partition coefficient (Wildman–Crippen LogP) is 0.869. The first kappa shape index (κ1) is 43.2. The summed E-state index contributed by atoms with van der Waals surface area (Å²) in [7, 11) is 0. The maximum atomic E-state index is 10.7. The van der Waals surface area contributed by atoms with Gasteiger partial charge in [-0.3, -0.25) is 14.8 Å². The Morgan fingerprint density at radius 3 is 1.39 bits per heavy atom. The summed E-state index contributed by atoms with van der Waals surface area (Å²) in [5.41, 5.74) is 4.40. The molecule has 0 atom stereocenters. The number of phenols is 2. The van der Waals surface area contributed by atoms with Crippen molar-refractivity contribution in [2.45, 2.75) is 27.7 Å². The van der Waals surface area contributed by atoms with E-state index in [2.05, 4.69) is 9.98 Å². The molecule has 0 spiro atoms. The number of aliphatic imine (C=N–C) groups is 2. The van der Waals surface area contributed by atoms with Gasteiger partial charge in [0.15, 0.2) is 23.0 Å². The number of benzene rings is 3. The summed E-state index contributed by atoms with van der Waals surface area (Å²) < 4.78 is 22.4. The standard InChI is InChI=1S/C28H30N2O6.2C2H4O2.Co.K/c1-19-15-23-24(16-20(19)2)30-18-22-6-4-8-26(28(22)32)36-14-12-34-10-9-33-11-13-35-25-7-3-5-21(17-29-23)27(25)31;2*1-2(3)4;;/h3-8,15-18,31-32H,9-14H2,1-2H3;2*1H3,(H,3,4);;/q;;;;+1/p-1. The van der Waals surface area contributed by atoms with E-state index in [0.29, 0.717) is 60.4 Å². The molecule has 12 nitrogen and oxygen atoms in total. The van der Waals surface area contributed by atoms with Crippen molar-refractivity contribution in [3.63, 3.8) is 0 Å². The fourth-order valence-corrected chi connectivity index (χ4v) is 3.53. The van der Waals surface area contributed by atoms with E-state index in [4.69, 9.17) is 38.7 Å². The Morgan fingerprint density at radius 1 is 0.717 bits per heavy atom. The van der Waals surface area contributed by atoms with Crippen molar-refractivity contribution in [1.82, 2.24) is 0 Å². The molecule has 14 heteroatoms. The summed E-state index contributed by atoms with van der Waals surface area (Å²) in [5, 5.41) is 37.7. The van der Waals surface area contributed by atoms with Gasteiger partial charge in [-0.15, -0.1) is 0 Å². The molecule has 1 aliphatic heterocycles. The van der Waals surface area contributed by atoms with Crippen LogP contribution in [0, 0.1) is 13.8 Å². The molecular formula is C32H37CoKN2O10. The summed E-state index contributed by atoms with van der Waals surface area (Å²) in [6.45, 7) is 8.12. The average molecular weight is 708 g/mol. The number of fused-ring (bicyclic) bond motifs is 5. The van der Waals surface area contributed by atoms with Gasteiger partial charge in [-0.1, -0.05) is 12.1 Å². The molecular weight excluding hydrogens is 670 g/mol. The SMILES string of the molecule is CC(=O)O.CC(=O)[O-].Cc1cc2c(cc1C)N=Cc1cccc(c1O)OCCOCCOCCOc1cccc(c1O)C=N2.[Co].[K+]. The van der Waals surface area contributed by atoms with Gasteiger partial charge in [-0.2, -0.15) is 0 Å². The van der Waals surface area contributed by atoms with Gasteiger partial charge in [0.2, 0.25) is 0 Å². The number of rotatable bonds is 0. The van der Waals surface area contributed by atoms with Crippen LogP contribution in [0.3, 0.4) is 0 Å². The van der Waals surface area contributed by atoms with Crippen molar-refractivity contribution in [1.29, 1.82) is 0 Å². The number of carbonyl (C=O) groups excluding carboxylic acids is 1. The van der Waals surface area contributed by atoms with Gasteiger partial charge < -0.3 is 44.2 Å². The van der Waals surface area contributed by atoms with E-state index in [1.165, 1.54) is 0 Å². The van der Waals surface area contributed by atoms with Crippen LogP contribution in [0.2, 0.25) is 0 Å². The maximum absolute atomic E-state index is 10.7. The van der Waals surface area contributed by atoms with Gasteiger partial charge in [0.05, 0.1) is 37.8 Å². The number of phenolic OH excluding ortho intramolecular Hbond substituents is 2. The van der Waals surface area contributed by atoms with Crippen molar-refractivity contribution < 1.29 is 117 Å². The summed E-state index contributed by atoms with van der Waals surface area (Å²) in [6.07, 6.45) is 3.16. The topological polar surface area (TPSA) is 180 Å². The number of aromatic hydroxyl groups is 2. The second-order valence-electron chi connectivity index (χ2n) is 9.26. The molecule has 3 N–H and O–H groups in total. The molecule has 245 valence electrons. The Kier molecular flexibility index (Phi) is 22.1. The Balaban J connectivity index is 0.00000182. The number of aryl methyl sites for hydroxylation is 2. The van der Waals surface area contributed by atoms with Gasteiger partial charge in [-0.25, -0.2) is 0 Å². The number of carboxylic acid groups (broad SMARTS) is 2. The third kappa shape index (κ3) is 16.2. The number of carboxylic acids is 2. The Bertz CT molecular complexity index is 1350. The number of nitrogens with zero attached hydrogens (tertiary/aromatic N) is 2. The van der Waals surface area contributed by atoms with Crippen LogP contribution >= 0.6 is 0 Å². The molecule has 3 aromatic rings. The zero-order chi connectivity index (χ0) is 32.5. The average Bonchev–Trinajstić information content (AvgIpc) is 2.95. The first-order chi connectivity index (χ1) is 21.0. The normalized spacial score (nSPS) is 12.9. The van der Waals surface area contributed by atoms with Crippen LogP contribution in [0.5, 0.6) is 23.0 Å². The van der Waals surface area contributed by atoms with Crippen LogP contribution in [0.15, 0.2) is 58.5 Å². The summed E-state index contributed by atoms with van der Waals surface area (Å²) in [4.78, 5) is 27.1. The van der Waals surface area contributed by atoms with Gasteiger partial charge in [0.1, 0.15) is 13.2 Å². The van der Waals surface area contributed by atoms with Crippen LogP contribution in [0.4, 0.5) is 11.4 Å². The van der Waals surface area contributed by atoms with Crippen molar-refractivity contribution in [2.24, 2.45) is 9.98 Å². The van der Waals surface area contributed by atoms with E-state index in [1.54, 1.807) is 48.8 Å². The minimum atomic E-state index is -1.08. The van der Waals surface area contributed by atoms with E-state index in [9.17, 15) is 10.2 Å². The molecule has 1 radical (unpaired) electrons. The molecule has 0 saturated carbocycles. The smallest absolute Gasteiger partial charge is 0.550 e. The van der Waals surface area contributed by atoms with Crippen LogP contribution in [0.1, 0.15) is 36.1 Å². The first-order valence-corrected chi connectivity index (χ1v) is 13.6. The van der Waals surface area contributed by atoms with Gasteiger partial charge in [0.25, 0.3) is 5.97 Å². The Morgan fingerprint density at radius 2 is 1.04 bits per heavy atom. The molecule has 1 heterocycles. The summed E-state index contributed by atoms with van der Waals surface area (Å²) in [6, 6.07) is 14.4. The quantitative estimate of drug-likeness (QED) is 0.284. The summed E-state index contributed by atoms with van der Waals surface area (Å²) in [5.74, 6) is -1.21. The van der Waals surface area contributed by atoms with Crippen LogP contribution < -0.4 is 66.0 Å². The zero-order valence-corrected chi connectivity index (χ0v) is 30.6. The molecule has 4 bridgehead atoms. The van der Waals surface area contributed by atoms with E-state index in [1.807, 2.05) is 26.0 Å². The monoisotopic (exact) mass is 707 g/mol. The van der Waals surface area contributed by atoms with Crippen molar-refractivity contribution >= 4 is 35.7 Å². The van der Waals surface area contributed by atoms with Crippen LogP contribution in [-0.4, -0.2) is 79.3 Å². The molecule has 3 aromatic carbocycles. The third-order valence-corrected chi connectivity index (χ3v) is 5.68.